The first kappa shape index (κ1) is 11.9. The second kappa shape index (κ2) is 4.57. The molecule has 2 atom stereocenters. The molecule has 84 valence electrons. The second-order valence-electron chi connectivity index (χ2n) is 3.63. The summed E-state index contributed by atoms with van der Waals surface area (Å²) in [5, 5.41) is -0.507. The van der Waals surface area contributed by atoms with Gasteiger partial charge in [0.2, 0.25) is 10.0 Å². The quantitative estimate of drug-likeness (QED) is 0.691. The molecule has 0 aromatic rings. The summed E-state index contributed by atoms with van der Waals surface area (Å²) in [4.78, 5) is 0. The van der Waals surface area contributed by atoms with Crippen LogP contribution in [0.2, 0.25) is 0 Å². The van der Waals surface area contributed by atoms with Crippen LogP contribution in [0.4, 0.5) is 0 Å². The van der Waals surface area contributed by atoms with Gasteiger partial charge >= 0.3 is 0 Å². The van der Waals surface area contributed by atoms with E-state index in [9.17, 15) is 8.42 Å². The second-order valence-corrected chi connectivity index (χ2v) is 5.98. The largest absolute Gasteiger partial charge is 0.376 e. The van der Waals surface area contributed by atoms with Crippen molar-refractivity contribution in [2.24, 2.45) is 5.73 Å². The summed E-state index contributed by atoms with van der Waals surface area (Å²) in [5.74, 6) is 0. The Morgan fingerprint density at radius 3 is 2.79 bits per heavy atom. The molecule has 6 heteroatoms. The Morgan fingerprint density at radius 1 is 1.64 bits per heavy atom. The molecular formula is C8H18N2O3S. The lowest BCUT2D eigenvalue weighted by Gasteiger charge is -2.32. The highest BCUT2D eigenvalue weighted by Crippen LogP contribution is 2.13. The van der Waals surface area contributed by atoms with Crippen LogP contribution in [0.15, 0.2) is 0 Å². The van der Waals surface area contributed by atoms with Gasteiger partial charge in [-0.15, -0.1) is 0 Å². The number of hydrogen-bond acceptors (Lipinski definition) is 4. The van der Waals surface area contributed by atoms with Crippen molar-refractivity contribution in [3.8, 4) is 0 Å². The first-order chi connectivity index (χ1) is 6.48. The van der Waals surface area contributed by atoms with Crippen molar-refractivity contribution in [1.29, 1.82) is 0 Å². The van der Waals surface area contributed by atoms with Crippen LogP contribution in [0.3, 0.4) is 0 Å². The smallest absolute Gasteiger partial charge is 0.218 e. The minimum atomic E-state index is -3.22. The summed E-state index contributed by atoms with van der Waals surface area (Å²) >= 11 is 0. The number of nitrogens with zero attached hydrogens (tertiary/aromatic N) is 1. The van der Waals surface area contributed by atoms with Crippen LogP contribution in [0.25, 0.3) is 0 Å². The molecule has 0 spiro atoms. The Kier molecular flexibility index (Phi) is 3.88. The lowest BCUT2D eigenvalue weighted by molar-refractivity contribution is 0.00993. The van der Waals surface area contributed by atoms with Crippen molar-refractivity contribution >= 4 is 10.0 Å². The number of nitrogens with two attached hydrogens (primary N) is 1. The van der Waals surface area contributed by atoms with Crippen molar-refractivity contribution in [1.82, 2.24) is 4.31 Å². The van der Waals surface area contributed by atoms with Gasteiger partial charge in [-0.1, -0.05) is 0 Å². The third-order valence-electron chi connectivity index (χ3n) is 2.40. The molecule has 0 saturated carbocycles. The van der Waals surface area contributed by atoms with Gasteiger partial charge in [-0.05, 0) is 13.8 Å². The van der Waals surface area contributed by atoms with E-state index >= 15 is 0 Å². The van der Waals surface area contributed by atoms with Crippen LogP contribution >= 0.6 is 0 Å². The number of rotatable bonds is 3. The Hall–Kier alpha value is -0.170. The Morgan fingerprint density at radius 2 is 2.29 bits per heavy atom. The average Bonchev–Trinajstić information content (AvgIpc) is 2.16. The van der Waals surface area contributed by atoms with E-state index in [1.165, 1.54) is 4.31 Å². The van der Waals surface area contributed by atoms with Crippen molar-refractivity contribution in [2.75, 3.05) is 26.2 Å². The molecule has 0 aromatic heterocycles. The van der Waals surface area contributed by atoms with Gasteiger partial charge in [0.25, 0.3) is 0 Å². The molecule has 0 aliphatic carbocycles. The van der Waals surface area contributed by atoms with E-state index in [4.69, 9.17) is 10.5 Å². The fourth-order valence-electron chi connectivity index (χ4n) is 1.39. The van der Waals surface area contributed by atoms with Gasteiger partial charge in [-0.25, -0.2) is 8.42 Å². The molecule has 0 bridgehead atoms. The lowest BCUT2D eigenvalue weighted by atomic mass is 10.3. The van der Waals surface area contributed by atoms with Crippen LogP contribution in [0.5, 0.6) is 0 Å². The highest BCUT2D eigenvalue weighted by atomic mass is 32.2. The maximum atomic E-state index is 11.9. The van der Waals surface area contributed by atoms with E-state index < -0.39 is 15.3 Å². The maximum absolute atomic E-state index is 11.9. The first-order valence-corrected chi connectivity index (χ1v) is 6.29. The molecule has 0 amide bonds. The van der Waals surface area contributed by atoms with Crippen LogP contribution in [0, 0.1) is 0 Å². The van der Waals surface area contributed by atoms with Gasteiger partial charge in [0, 0.05) is 19.6 Å². The maximum Gasteiger partial charge on any atom is 0.218 e. The van der Waals surface area contributed by atoms with Gasteiger partial charge in [0.15, 0.2) is 0 Å². The monoisotopic (exact) mass is 222 g/mol. The minimum absolute atomic E-state index is 0.0245. The molecule has 0 aromatic carbocycles. The number of sulfonamides is 1. The molecule has 0 radical (unpaired) electrons. The standard InChI is InChI=1S/C8H18N2O3S/c1-7-6-10(3-4-13-7)14(11,12)8(2)5-9/h7-8H,3-6,9H2,1-2H3. The third-order valence-corrected chi connectivity index (χ3v) is 4.66. The van der Waals surface area contributed by atoms with Crippen molar-refractivity contribution in [3.05, 3.63) is 0 Å². The van der Waals surface area contributed by atoms with Gasteiger partial charge in [0.05, 0.1) is 18.0 Å². The normalized spacial score (nSPS) is 27.5. The summed E-state index contributed by atoms with van der Waals surface area (Å²) in [6, 6.07) is 0. The summed E-state index contributed by atoms with van der Waals surface area (Å²) in [6.45, 7) is 5.01. The Balaban J connectivity index is 2.72. The van der Waals surface area contributed by atoms with Crippen molar-refractivity contribution in [2.45, 2.75) is 25.2 Å². The van der Waals surface area contributed by atoms with Crippen LogP contribution < -0.4 is 5.73 Å². The van der Waals surface area contributed by atoms with E-state index in [1.807, 2.05) is 6.92 Å². The Labute approximate surface area is 85.3 Å². The highest BCUT2D eigenvalue weighted by Gasteiger charge is 2.31. The van der Waals surface area contributed by atoms with Gasteiger partial charge in [-0.3, -0.25) is 0 Å². The molecule has 1 aliphatic heterocycles. The molecule has 1 fully saturated rings. The summed E-state index contributed by atoms with van der Waals surface area (Å²) < 4.78 is 30.5. The lowest BCUT2D eigenvalue weighted by Crippen LogP contribution is -2.48. The molecule has 1 rings (SSSR count). The zero-order valence-corrected chi connectivity index (χ0v) is 9.46. The van der Waals surface area contributed by atoms with Crippen LogP contribution in [0.1, 0.15) is 13.8 Å². The van der Waals surface area contributed by atoms with Crippen molar-refractivity contribution < 1.29 is 13.2 Å². The molecule has 1 heterocycles. The number of morpholine rings is 1. The molecule has 5 nitrogen and oxygen atoms in total. The molecule has 2 N–H and O–H groups in total. The minimum Gasteiger partial charge on any atom is -0.376 e. The van der Waals surface area contributed by atoms with E-state index in [0.29, 0.717) is 19.7 Å². The molecule has 1 saturated heterocycles. The van der Waals surface area contributed by atoms with E-state index in [2.05, 4.69) is 0 Å². The molecule has 14 heavy (non-hydrogen) atoms. The van der Waals surface area contributed by atoms with Gasteiger partial charge in [0.1, 0.15) is 0 Å². The fraction of sp³-hybridized carbons (Fsp3) is 1.00. The third kappa shape index (κ3) is 2.44. The van der Waals surface area contributed by atoms with E-state index in [-0.39, 0.29) is 12.6 Å². The predicted molar refractivity (Wildman–Crippen MR) is 54.4 cm³/mol. The SMILES string of the molecule is CC1CN(S(=O)(=O)C(C)CN)CCO1. The van der Waals surface area contributed by atoms with Crippen molar-refractivity contribution in [3.63, 3.8) is 0 Å². The Bertz CT molecular complexity index is 278. The van der Waals surface area contributed by atoms with Crippen LogP contribution in [-0.2, 0) is 14.8 Å². The zero-order valence-electron chi connectivity index (χ0n) is 8.64. The number of hydrogen-bond donors (Lipinski definition) is 1. The fourth-order valence-corrected chi connectivity index (χ4v) is 2.89. The number of ether oxygens (including phenoxy) is 1. The van der Waals surface area contributed by atoms with Crippen LogP contribution in [-0.4, -0.2) is 50.3 Å². The molecule has 2 unspecified atom stereocenters. The first-order valence-electron chi connectivity index (χ1n) is 4.79. The van der Waals surface area contributed by atoms with Gasteiger partial charge in [-0.2, -0.15) is 4.31 Å². The summed E-state index contributed by atoms with van der Waals surface area (Å²) in [7, 11) is -3.22. The van der Waals surface area contributed by atoms with E-state index in [1.54, 1.807) is 6.92 Å². The predicted octanol–water partition coefficient (Wildman–Crippen LogP) is -0.616. The van der Waals surface area contributed by atoms with E-state index in [0.717, 1.165) is 0 Å². The zero-order chi connectivity index (χ0) is 10.8. The topological polar surface area (TPSA) is 72.6 Å². The summed E-state index contributed by atoms with van der Waals surface area (Å²) in [5.41, 5.74) is 5.36. The molecular weight excluding hydrogens is 204 g/mol. The molecule has 1 aliphatic rings. The summed E-state index contributed by atoms with van der Waals surface area (Å²) in [6.07, 6.45) is -0.0245. The van der Waals surface area contributed by atoms with Gasteiger partial charge < -0.3 is 10.5 Å². The average molecular weight is 222 g/mol. The highest BCUT2D eigenvalue weighted by molar-refractivity contribution is 7.89.